The van der Waals surface area contributed by atoms with Crippen LogP contribution in [0.15, 0.2) is 12.2 Å². The van der Waals surface area contributed by atoms with E-state index in [1.54, 1.807) is 6.08 Å². The maximum Gasteiger partial charge on any atom is 0.305 e. The van der Waals surface area contributed by atoms with E-state index < -0.39 is 12.0 Å². The average molecular weight is 495 g/mol. The third kappa shape index (κ3) is 10.9. The Morgan fingerprint density at radius 1 is 1.20 bits per heavy atom. The molecule has 1 unspecified atom stereocenters. The Morgan fingerprint density at radius 3 is 2.66 bits per heavy atom. The minimum Gasteiger partial charge on any atom is -0.469 e. The summed E-state index contributed by atoms with van der Waals surface area (Å²) in [4.78, 5) is 36.9. The fraction of sp³-hybridized carbons (Fsp3) is 0.821. The molecule has 0 amide bonds. The van der Waals surface area contributed by atoms with E-state index in [0.29, 0.717) is 44.6 Å². The Morgan fingerprint density at radius 2 is 1.97 bits per heavy atom. The van der Waals surface area contributed by atoms with Gasteiger partial charge in [0.2, 0.25) is 0 Å². The maximum absolute atomic E-state index is 12.9. The summed E-state index contributed by atoms with van der Waals surface area (Å²) >= 11 is 0. The van der Waals surface area contributed by atoms with Gasteiger partial charge in [0, 0.05) is 44.1 Å². The van der Waals surface area contributed by atoms with Crippen molar-refractivity contribution in [3.63, 3.8) is 0 Å². The first kappa shape index (κ1) is 29.7. The molecule has 1 aliphatic heterocycles. The van der Waals surface area contributed by atoms with E-state index in [4.69, 9.17) is 9.47 Å². The van der Waals surface area contributed by atoms with Crippen LogP contribution in [0.3, 0.4) is 0 Å². The second kappa shape index (κ2) is 16.2. The van der Waals surface area contributed by atoms with E-state index in [9.17, 15) is 19.5 Å². The van der Waals surface area contributed by atoms with Crippen LogP contribution in [0, 0.1) is 17.8 Å². The van der Waals surface area contributed by atoms with Gasteiger partial charge in [0.25, 0.3) is 0 Å². The number of unbranched alkanes of at least 4 members (excludes halogenated alkanes) is 2. The van der Waals surface area contributed by atoms with Crippen molar-refractivity contribution in [1.29, 1.82) is 0 Å². The Balaban J connectivity index is 1.99. The van der Waals surface area contributed by atoms with Crippen molar-refractivity contribution < 1.29 is 33.7 Å². The highest BCUT2D eigenvalue weighted by molar-refractivity contribution is 5.90. The van der Waals surface area contributed by atoms with Gasteiger partial charge in [-0.25, -0.2) is 0 Å². The van der Waals surface area contributed by atoms with Gasteiger partial charge in [0.05, 0.1) is 19.3 Å². The number of rotatable bonds is 16. The summed E-state index contributed by atoms with van der Waals surface area (Å²) in [6.07, 6.45) is 11.6. The van der Waals surface area contributed by atoms with Gasteiger partial charge in [0.15, 0.2) is 6.29 Å². The second-order valence-corrected chi connectivity index (χ2v) is 10.3. The fourth-order valence-electron chi connectivity index (χ4n) is 5.08. The van der Waals surface area contributed by atoms with Crippen LogP contribution in [0.2, 0.25) is 0 Å². The summed E-state index contributed by atoms with van der Waals surface area (Å²) in [5.74, 6) is -0.500. The Labute approximate surface area is 211 Å². The third-order valence-corrected chi connectivity index (χ3v) is 7.19. The SMILES string of the molecule is CCCC[C@H](C)C[C@H](O)/C=C/[C@H]1[C@H](OC2CCCCO2)CC(=O)[C@@H]1CC(=O)CCCCC(=O)OC. The zero-order chi connectivity index (χ0) is 25.6. The summed E-state index contributed by atoms with van der Waals surface area (Å²) in [5.41, 5.74) is 0. The summed E-state index contributed by atoms with van der Waals surface area (Å²) in [5, 5.41) is 10.6. The number of ether oxygens (including phenoxy) is 3. The van der Waals surface area contributed by atoms with Gasteiger partial charge >= 0.3 is 5.97 Å². The smallest absolute Gasteiger partial charge is 0.305 e. The highest BCUT2D eigenvalue weighted by Crippen LogP contribution is 2.37. The molecule has 0 aromatic rings. The lowest BCUT2D eigenvalue weighted by molar-refractivity contribution is -0.192. The van der Waals surface area contributed by atoms with Crippen molar-refractivity contribution in [2.24, 2.45) is 17.8 Å². The van der Waals surface area contributed by atoms with Crippen molar-refractivity contribution >= 4 is 17.5 Å². The van der Waals surface area contributed by atoms with E-state index in [1.165, 1.54) is 7.11 Å². The summed E-state index contributed by atoms with van der Waals surface area (Å²) in [6, 6.07) is 0. The zero-order valence-corrected chi connectivity index (χ0v) is 21.9. The first-order chi connectivity index (χ1) is 16.8. The lowest BCUT2D eigenvalue weighted by atomic mass is 9.87. The molecular weight excluding hydrogens is 448 g/mol. The molecule has 0 bridgehead atoms. The van der Waals surface area contributed by atoms with Crippen molar-refractivity contribution in [3.05, 3.63) is 12.2 Å². The van der Waals surface area contributed by atoms with Crippen molar-refractivity contribution in [1.82, 2.24) is 0 Å². The Hall–Kier alpha value is -1.57. The van der Waals surface area contributed by atoms with Crippen molar-refractivity contribution in [3.8, 4) is 0 Å². The van der Waals surface area contributed by atoms with Gasteiger partial charge in [-0.15, -0.1) is 0 Å². The van der Waals surface area contributed by atoms with Crippen LogP contribution in [-0.2, 0) is 28.6 Å². The zero-order valence-electron chi connectivity index (χ0n) is 21.9. The lowest BCUT2D eigenvalue weighted by Gasteiger charge is -2.28. The number of aliphatic hydroxyl groups is 1. The second-order valence-electron chi connectivity index (χ2n) is 10.3. The van der Waals surface area contributed by atoms with E-state index >= 15 is 0 Å². The minimum atomic E-state index is -0.584. The quantitative estimate of drug-likeness (QED) is 0.184. The Bertz CT molecular complexity index is 683. The molecule has 2 rings (SSSR count). The molecule has 6 atom stereocenters. The highest BCUT2D eigenvalue weighted by Gasteiger charge is 2.43. The lowest BCUT2D eigenvalue weighted by Crippen LogP contribution is -2.31. The predicted octanol–water partition coefficient (Wildman–Crippen LogP) is 4.93. The van der Waals surface area contributed by atoms with E-state index in [1.807, 2.05) is 6.08 Å². The normalized spacial score (nSPS) is 26.7. The molecule has 2 aliphatic rings. The van der Waals surface area contributed by atoms with Crippen LogP contribution in [0.1, 0.15) is 97.3 Å². The van der Waals surface area contributed by atoms with E-state index in [-0.39, 0.29) is 48.7 Å². The molecular formula is C28H46O7. The average Bonchev–Trinajstić information content (AvgIpc) is 3.12. The standard InChI is InChI=1S/C28H46O7/c1-4-5-10-20(2)17-22(30)14-15-23-24(18-21(29)11-6-7-12-27(32)33-3)25(31)19-26(23)35-28-13-8-9-16-34-28/h14-15,20,22-24,26,28,30H,4-13,16-19H2,1-3H3/b15-14+/t20-,22+,23+,24+,26+,28?/m0/s1. The highest BCUT2D eigenvalue weighted by atomic mass is 16.7. The number of carbonyl (C=O) groups is 3. The van der Waals surface area contributed by atoms with Gasteiger partial charge in [-0.1, -0.05) is 45.3 Å². The largest absolute Gasteiger partial charge is 0.469 e. The number of ketones is 2. The number of aliphatic hydroxyl groups excluding tert-OH is 1. The number of Topliss-reactive ketones (excluding diaryl/α,β-unsaturated/α-hetero) is 2. The van der Waals surface area contributed by atoms with Crippen LogP contribution in [0.25, 0.3) is 0 Å². The number of carbonyl (C=O) groups excluding carboxylic acids is 3. The molecule has 0 aromatic heterocycles. The fourth-order valence-corrected chi connectivity index (χ4v) is 5.08. The molecule has 0 aromatic carbocycles. The molecule has 200 valence electrons. The van der Waals surface area contributed by atoms with Crippen LogP contribution in [0.4, 0.5) is 0 Å². The third-order valence-electron chi connectivity index (χ3n) is 7.19. The first-order valence-corrected chi connectivity index (χ1v) is 13.6. The molecule has 1 saturated heterocycles. The van der Waals surface area contributed by atoms with Crippen molar-refractivity contribution in [2.45, 2.75) is 116 Å². The molecule has 0 radical (unpaired) electrons. The van der Waals surface area contributed by atoms with Crippen LogP contribution in [0.5, 0.6) is 0 Å². The van der Waals surface area contributed by atoms with Gasteiger partial charge < -0.3 is 19.3 Å². The molecule has 1 saturated carbocycles. The molecule has 7 heteroatoms. The Kier molecular flexibility index (Phi) is 13.8. The number of esters is 1. The molecule has 1 N–H and O–H groups in total. The van der Waals surface area contributed by atoms with Crippen LogP contribution < -0.4 is 0 Å². The van der Waals surface area contributed by atoms with Gasteiger partial charge in [-0.2, -0.15) is 0 Å². The number of methoxy groups -OCH3 is 1. The number of hydrogen-bond acceptors (Lipinski definition) is 7. The summed E-state index contributed by atoms with van der Waals surface area (Å²) in [6.45, 7) is 4.98. The molecule has 35 heavy (non-hydrogen) atoms. The topological polar surface area (TPSA) is 99.1 Å². The van der Waals surface area contributed by atoms with E-state index in [0.717, 1.165) is 38.5 Å². The van der Waals surface area contributed by atoms with Crippen LogP contribution >= 0.6 is 0 Å². The molecule has 1 heterocycles. The van der Waals surface area contributed by atoms with Crippen LogP contribution in [-0.4, -0.2) is 54.9 Å². The molecule has 2 fully saturated rings. The number of hydrogen-bond donors (Lipinski definition) is 1. The molecule has 0 spiro atoms. The monoisotopic (exact) mass is 494 g/mol. The summed E-state index contributed by atoms with van der Waals surface area (Å²) in [7, 11) is 1.35. The molecule has 1 aliphatic carbocycles. The van der Waals surface area contributed by atoms with Crippen molar-refractivity contribution in [2.75, 3.05) is 13.7 Å². The molecule has 7 nitrogen and oxygen atoms in total. The van der Waals surface area contributed by atoms with E-state index in [2.05, 4.69) is 18.6 Å². The summed E-state index contributed by atoms with van der Waals surface area (Å²) < 4.78 is 16.6. The maximum atomic E-state index is 12.9. The van der Waals surface area contributed by atoms with Gasteiger partial charge in [-0.3, -0.25) is 14.4 Å². The first-order valence-electron chi connectivity index (χ1n) is 13.6. The predicted molar refractivity (Wildman–Crippen MR) is 134 cm³/mol. The van der Waals surface area contributed by atoms with Gasteiger partial charge in [-0.05, 0) is 44.4 Å². The minimum absolute atomic E-state index is 0.0231. The van der Waals surface area contributed by atoms with Gasteiger partial charge in [0.1, 0.15) is 11.6 Å².